The predicted octanol–water partition coefficient (Wildman–Crippen LogP) is 7.95. The van der Waals surface area contributed by atoms with Gasteiger partial charge in [0.05, 0.1) is 12.2 Å². The van der Waals surface area contributed by atoms with Crippen molar-refractivity contribution >= 4 is 45.2 Å². The number of anilines is 1. The van der Waals surface area contributed by atoms with Crippen molar-refractivity contribution in [2.75, 3.05) is 11.9 Å². The summed E-state index contributed by atoms with van der Waals surface area (Å²) in [7, 11) is 0. The minimum atomic E-state index is -0.268. The summed E-state index contributed by atoms with van der Waals surface area (Å²) in [5.41, 5.74) is 2.78. The first-order valence-corrected chi connectivity index (χ1v) is 15.0. The molecular formula is C31H38BrClN4O2. The number of hydrogen-bond donors (Lipinski definition) is 1. The molecule has 0 unspecified atom stereocenters. The second-order valence-electron chi connectivity index (χ2n) is 10.3. The maximum absolute atomic E-state index is 14.0. The number of rotatable bonds is 10. The van der Waals surface area contributed by atoms with Crippen molar-refractivity contribution < 1.29 is 9.59 Å². The average molecular weight is 614 g/mol. The highest BCUT2D eigenvalue weighted by Crippen LogP contribution is 2.26. The van der Waals surface area contributed by atoms with Crippen molar-refractivity contribution in [3.63, 3.8) is 0 Å². The Morgan fingerprint density at radius 2 is 1.77 bits per heavy atom. The fourth-order valence-electron chi connectivity index (χ4n) is 5.18. The Kier molecular flexibility index (Phi) is 10.5. The molecule has 1 fully saturated rings. The van der Waals surface area contributed by atoms with Gasteiger partial charge in [0.2, 0.25) is 5.91 Å². The fourth-order valence-corrected chi connectivity index (χ4v) is 5.76. The molecule has 0 radical (unpaired) electrons. The van der Waals surface area contributed by atoms with Crippen LogP contribution in [-0.2, 0) is 17.9 Å². The quantitative estimate of drug-likeness (QED) is 0.252. The standard InChI is InChI=1S/C31H38BrClN4O2/c1-3-23(2)36(31(39)34-29-18-10-8-16-27(29)32)22-30(38)37(25-13-5-4-6-14-25)21-26-15-11-19-35(26)20-24-12-7-9-17-28(24)33/h7-12,15-19,23,25H,3-6,13-14,20-22H2,1-2H3,(H,34,39)/t23-/m0/s1. The fraction of sp³-hybridized carbons (Fsp3) is 0.419. The first kappa shape index (κ1) is 29.2. The Labute approximate surface area is 245 Å². The number of aromatic nitrogens is 1. The number of benzene rings is 2. The van der Waals surface area contributed by atoms with E-state index in [2.05, 4.69) is 31.9 Å². The summed E-state index contributed by atoms with van der Waals surface area (Å²) in [4.78, 5) is 31.1. The van der Waals surface area contributed by atoms with Crippen LogP contribution in [-0.4, -0.2) is 44.9 Å². The second-order valence-corrected chi connectivity index (χ2v) is 11.6. The summed E-state index contributed by atoms with van der Waals surface area (Å²) in [6, 6.07) is 19.3. The maximum atomic E-state index is 14.0. The molecule has 1 aliphatic rings. The van der Waals surface area contributed by atoms with E-state index in [1.807, 2.05) is 79.5 Å². The third-order valence-corrected chi connectivity index (χ3v) is 8.76. The zero-order valence-electron chi connectivity index (χ0n) is 22.8. The van der Waals surface area contributed by atoms with Crippen molar-refractivity contribution in [2.45, 2.75) is 77.5 Å². The van der Waals surface area contributed by atoms with Crippen LogP contribution in [0.4, 0.5) is 10.5 Å². The van der Waals surface area contributed by atoms with E-state index in [-0.39, 0.29) is 30.6 Å². The maximum Gasteiger partial charge on any atom is 0.322 e. The monoisotopic (exact) mass is 612 g/mol. The number of amides is 3. The lowest BCUT2D eigenvalue weighted by atomic mass is 9.94. The van der Waals surface area contributed by atoms with Crippen LogP contribution in [0.1, 0.15) is 63.6 Å². The molecule has 3 amide bonds. The van der Waals surface area contributed by atoms with E-state index in [0.29, 0.717) is 18.8 Å². The predicted molar refractivity (Wildman–Crippen MR) is 162 cm³/mol. The molecule has 1 heterocycles. The molecule has 1 atom stereocenters. The lowest BCUT2D eigenvalue weighted by Crippen LogP contribution is -2.50. The average Bonchev–Trinajstić information content (AvgIpc) is 3.39. The van der Waals surface area contributed by atoms with Crippen molar-refractivity contribution in [3.8, 4) is 0 Å². The Hall–Kier alpha value is -2.77. The van der Waals surface area contributed by atoms with Gasteiger partial charge in [0.25, 0.3) is 0 Å². The van der Waals surface area contributed by atoms with Crippen LogP contribution in [0.3, 0.4) is 0 Å². The number of carbonyl (C=O) groups excluding carboxylic acids is 2. The molecule has 1 aromatic heterocycles. The number of nitrogens with zero attached hydrogens (tertiary/aromatic N) is 3. The molecule has 39 heavy (non-hydrogen) atoms. The van der Waals surface area contributed by atoms with Crippen molar-refractivity contribution in [1.29, 1.82) is 0 Å². The van der Waals surface area contributed by atoms with Gasteiger partial charge in [-0.3, -0.25) is 4.79 Å². The van der Waals surface area contributed by atoms with Gasteiger partial charge in [-0.1, -0.05) is 68.1 Å². The third kappa shape index (κ3) is 7.67. The van der Waals surface area contributed by atoms with Gasteiger partial charge in [0, 0.05) is 40.0 Å². The van der Waals surface area contributed by atoms with Crippen LogP contribution < -0.4 is 5.32 Å². The second kappa shape index (κ2) is 14.0. The third-order valence-electron chi connectivity index (χ3n) is 7.70. The summed E-state index contributed by atoms with van der Waals surface area (Å²) in [6.45, 7) is 5.21. The van der Waals surface area contributed by atoms with Crippen LogP contribution >= 0.6 is 27.5 Å². The molecule has 4 rings (SSSR count). The van der Waals surface area contributed by atoms with Crippen LogP contribution in [0.15, 0.2) is 71.3 Å². The molecule has 3 aromatic rings. The van der Waals surface area contributed by atoms with Crippen LogP contribution in [0.5, 0.6) is 0 Å². The minimum Gasteiger partial charge on any atom is -0.345 e. The summed E-state index contributed by atoms with van der Waals surface area (Å²) >= 11 is 9.95. The van der Waals surface area contributed by atoms with E-state index in [1.54, 1.807) is 4.90 Å². The lowest BCUT2D eigenvalue weighted by Gasteiger charge is -2.37. The van der Waals surface area contributed by atoms with E-state index in [9.17, 15) is 9.59 Å². The van der Waals surface area contributed by atoms with E-state index < -0.39 is 0 Å². The van der Waals surface area contributed by atoms with E-state index in [0.717, 1.165) is 52.9 Å². The SMILES string of the molecule is CC[C@H](C)N(CC(=O)N(Cc1cccn1Cc1ccccc1Cl)C1CCCCC1)C(=O)Nc1ccccc1Br. The molecule has 8 heteroatoms. The van der Waals surface area contributed by atoms with Crippen LogP contribution in [0.2, 0.25) is 5.02 Å². The molecule has 1 aliphatic carbocycles. The zero-order valence-corrected chi connectivity index (χ0v) is 25.1. The van der Waals surface area contributed by atoms with Gasteiger partial charge >= 0.3 is 6.03 Å². The highest BCUT2D eigenvalue weighted by molar-refractivity contribution is 9.10. The molecule has 208 valence electrons. The summed E-state index contributed by atoms with van der Waals surface area (Å²) in [5.74, 6) is -0.0185. The van der Waals surface area contributed by atoms with Gasteiger partial charge < -0.3 is 19.7 Å². The number of urea groups is 1. The number of nitrogens with one attached hydrogen (secondary N) is 1. The summed E-state index contributed by atoms with van der Waals surface area (Å²) in [6.07, 6.45) is 8.21. The van der Waals surface area contributed by atoms with Gasteiger partial charge in [0.1, 0.15) is 6.54 Å². The number of carbonyl (C=O) groups is 2. The Morgan fingerprint density at radius 3 is 2.49 bits per heavy atom. The summed E-state index contributed by atoms with van der Waals surface area (Å²) < 4.78 is 2.97. The van der Waals surface area contributed by atoms with Gasteiger partial charge in [-0.15, -0.1) is 0 Å². The largest absolute Gasteiger partial charge is 0.345 e. The number of halogens is 2. The van der Waals surface area contributed by atoms with Gasteiger partial charge in [0.15, 0.2) is 0 Å². The van der Waals surface area contributed by atoms with E-state index >= 15 is 0 Å². The molecule has 0 spiro atoms. The van der Waals surface area contributed by atoms with Crippen LogP contribution in [0.25, 0.3) is 0 Å². The highest BCUT2D eigenvalue weighted by atomic mass is 79.9. The molecule has 1 N–H and O–H groups in total. The molecule has 6 nitrogen and oxygen atoms in total. The summed E-state index contributed by atoms with van der Waals surface area (Å²) in [5, 5.41) is 3.72. The smallest absolute Gasteiger partial charge is 0.322 e. The van der Waals surface area contributed by atoms with Crippen molar-refractivity contribution in [1.82, 2.24) is 14.4 Å². The van der Waals surface area contributed by atoms with Crippen molar-refractivity contribution in [2.24, 2.45) is 0 Å². The van der Waals surface area contributed by atoms with Crippen molar-refractivity contribution in [3.05, 3.63) is 87.6 Å². The number of para-hydroxylation sites is 1. The van der Waals surface area contributed by atoms with Gasteiger partial charge in [-0.25, -0.2) is 4.79 Å². The molecule has 0 bridgehead atoms. The molecule has 0 saturated heterocycles. The van der Waals surface area contributed by atoms with Gasteiger partial charge in [-0.05, 0) is 78.0 Å². The van der Waals surface area contributed by atoms with E-state index in [1.165, 1.54) is 6.42 Å². The topological polar surface area (TPSA) is 57.6 Å². The molecular weight excluding hydrogens is 576 g/mol. The minimum absolute atomic E-state index is 0.0185. The first-order valence-electron chi connectivity index (χ1n) is 13.9. The Morgan fingerprint density at radius 1 is 1.05 bits per heavy atom. The van der Waals surface area contributed by atoms with E-state index in [4.69, 9.17) is 11.6 Å². The Balaban J connectivity index is 1.55. The van der Waals surface area contributed by atoms with Gasteiger partial charge in [-0.2, -0.15) is 0 Å². The molecule has 2 aromatic carbocycles. The zero-order chi connectivity index (χ0) is 27.8. The first-order chi connectivity index (χ1) is 18.9. The Bertz CT molecular complexity index is 1260. The number of hydrogen-bond acceptors (Lipinski definition) is 2. The normalized spacial score (nSPS) is 14.6. The highest BCUT2D eigenvalue weighted by Gasteiger charge is 2.30. The van der Waals surface area contributed by atoms with Crippen LogP contribution in [0, 0.1) is 0 Å². The lowest BCUT2D eigenvalue weighted by molar-refractivity contribution is -0.136. The molecule has 1 saturated carbocycles. The molecule has 0 aliphatic heterocycles.